The predicted molar refractivity (Wildman–Crippen MR) is 71.1 cm³/mol. The molecule has 1 aliphatic carbocycles. The van der Waals surface area contributed by atoms with Crippen LogP contribution in [0, 0.1) is 5.92 Å². The van der Waals surface area contributed by atoms with Crippen LogP contribution in [0.15, 0.2) is 0 Å². The number of carbonyl (C=O) groups excluding carboxylic acids is 1. The predicted octanol–water partition coefficient (Wildman–Crippen LogP) is 1.33. The van der Waals surface area contributed by atoms with Gasteiger partial charge < -0.3 is 20.8 Å². The van der Waals surface area contributed by atoms with Crippen molar-refractivity contribution in [2.75, 3.05) is 0 Å². The lowest BCUT2D eigenvalue weighted by molar-refractivity contribution is -0.142. The molecule has 1 aliphatic rings. The van der Waals surface area contributed by atoms with Crippen LogP contribution >= 0.6 is 0 Å². The van der Waals surface area contributed by atoms with Gasteiger partial charge in [0.05, 0.1) is 12.0 Å². The molecule has 2 unspecified atom stereocenters. The van der Waals surface area contributed by atoms with Crippen molar-refractivity contribution in [1.29, 1.82) is 0 Å². The molecule has 0 aromatic heterocycles. The molecule has 2 atom stereocenters. The zero-order valence-corrected chi connectivity index (χ0v) is 11.9. The highest BCUT2D eigenvalue weighted by molar-refractivity contribution is 5.74. The second-order valence-corrected chi connectivity index (χ2v) is 5.34. The smallest absolute Gasteiger partial charge is 0.315 e. The van der Waals surface area contributed by atoms with Crippen molar-refractivity contribution in [3.63, 3.8) is 0 Å². The first kappa shape index (κ1) is 17.6. The minimum Gasteiger partial charge on any atom is -0.481 e. The number of aliphatic hydroxyl groups is 1. The number of alkyl halides is 2. The number of carboxylic acids is 1. The second kappa shape index (κ2) is 8.11. The Kier molecular flexibility index (Phi) is 6.80. The van der Waals surface area contributed by atoms with Crippen LogP contribution in [-0.2, 0) is 4.79 Å². The number of rotatable bonds is 6. The molecule has 0 radical (unpaired) electrons. The van der Waals surface area contributed by atoms with Gasteiger partial charge in [-0.3, -0.25) is 4.79 Å². The third kappa shape index (κ3) is 5.45. The first-order valence-corrected chi connectivity index (χ1v) is 7.11. The van der Waals surface area contributed by atoms with Crippen molar-refractivity contribution in [3.05, 3.63) is 0 Å². The number of aliphatic hydroxyl groups excluding tert-OH is 1. The molecule has 0 bridgehead atoms. The number of hydrogen-bond acceptors (Lipinski definition) is 3. The summed E-state index contributed by atoms with van der Waals surface area (Å²) in [5.74, 6) is -1.21. The largest absolute Gasteiger partial charge is 0.481 e. The average molecular weight is 308 g/mol. The molecular weight excluding hydrogens is 286 g/mol. The molecule has 2 amide bonds. The maximum absolute atomic E-state index is 12.4. The molecule has 4 N–H and O–H groups in total. The molecule has 0 aromatic rings. The third-order valence-corrected chi connectivity index (χ3v) is 3.84. The van der Waals surface area contributed by atoms with E-state index in [0.29, 0.717) is 25.7 Å². The third-order valence-electron chi connectivity index (χ3n) is 3.84. The van der Waals surface area contributed by atoms with Crippen LogP contribution in [0.5, 0.6) is 0 Å². The summed E-state index contributed by atoms with van der Waals surface area (Å²) in [7, 11) is 0. The lowest BCUT2D eigenvalue weighted by atomic mass is 9.86. The van der Waals surface area contributed by atoms with E-state index in [-0.39, 0.29) is 18.4 Å². The van der Waals surface area contributed by atoms with E-state index in [1.54, 1.807) is 6.92 Å². The molecule has 0 saturated heterocycles. The molecule has 1 fully saturated rings. The van der Waals surface area contributed by atoms with Crippen LogP contribution in [-0.4, -0.2) is 46.8 Å². The molecule has 0 heterocycles. The minimum absolute atomic E-state index is 0.165. The van der Waals surface area contributed by atoms with E-state index in [1.807, 2.05) is 0 Å². The van der Waals surface area contributed by atoms with Gasteiger partial charge in [-0.1, -0.05) is 6.92 Å². The Labute approximate surface area is 121 Å². The van der Waals surface area contributed by atoms with Gasteiger partial charge in [0.1, 0.15) is 6.10 Å². The topological polar surface area (TPSA) is 98.7 Å². The van der Waals surface area contributed by atoms with Gasteiger partial charge in [0.2, 0.25) is 0 Å². The number of aliphatic carboxylic acids is 1. The molecule has 0 spiro atoms. The average Bonchev–Trinajstić information content (AvgIpc) is 2.44. The normalized spacial score (nSPS) is 25.2. The van der Waals surface area contributed by atoms with Crippen molar-refractivity contribution in [2.24, 2.45) is 5.92 Å². The number of carbonyl (C=O) groups is 2. The summed E-state index contributed by atoms with van der Waals surface area (Å²) in [6.07, 6.45) is -2.58. The van der Waals surface area contributed by atoms with Gasteiger partial charge in [0.15, 0.2) is 0 Å². The number of hydrogen-bond donors (Lipinski definition) is 4. The van der Waals surface area contributed by atoms with Gasteiger partial charge in [-0.2, -0.15) is 0 Å². The summed E-state index contributed by atoms with van der Waals surface area (Å²) in [6, 6.07) is -1.79. The van der Waals surface area contributed by atoms with Crippen molar-refractivity contribution in [2.45, 2.75) is 63.6 Å². The Bertz CT molecular complexity index is 360. The summed E-state index contributed by atoms with van der Waals surface area (Å²) >= 11 is 0. The fourth-order valence-electron chi connectivity index (χ4n) is 2.48. The molecule has 1 rings (SSSR count). The van der Waals surface area contributed by atoms with Crippen LogP contribution in [0.2, 0.25) is 0 Å². The standard InChI is InChI=1S/C13H22F2N2O4/c1-2-9(10(18)11(14)15)17-13(21)16-8-5-3-7(4-6-8)12(19)20/h7-11,18H,2-6H2,1H3,(H,19,20)(H2,16,17,21). The summed E-state index contributed by atoms with van der Waals surface area (Å²) in [4.78, 5) is 22.5. The Morgan fingerprint density at radius 3 is 2.24 bits per heavy atom. The van der Waals surface area contributed by atoms with Gasteiger partial charge in [0, 0.05) is 6.04 Å². The molecule has 21 heavy (non-hydrogen) atoms. The van der Waals surface area contributed by atoms with E-state index in [1.165, 1.54) is 0 Å². The quantitative estimate of drug-likeness (QED) is 0.595. The van der Waals surface area contributed by atoms with E-state index < -0.39 is 30.6 Å². The fraction of sp³-hybridized carbons (Fsp3) is 0.846. The SMILES string of the molecule is CCC(NC(=O)NC1CCC(C(=O)O)CC1)C(O)C(F)F. The zero-order chi connectivity index (χ0) is 16.0. The highest BCUT2D eigenvalue weighted by Crippen LogP contribution is 2.24. The summed E-state index contributed by atoms with van der Waals surface area (Å²) < 4.78 is 24.8. The van der Waals surface area contributed by atoms with Gasteiger partial charge in [-0.15, -0.1) is 0 Å². The highest BCUT2D eigenvalue weighted by atomic mass is 19.3. The molecule has 8 heteroatoms. The van der Waals surface area contributed by atoms with Crippen LogP contribution in [0.1, 0.15) is 39.0 Å². The van der Waals surface area contributed by atoms with Crippen LogP contribution in [0.25, 0.3) is 0 Å². The van der Waals surface area contributed by atoms with Gasteiger partial charge >= 0.3 is 12.0 Å². The van der Waals surface area contributed by atoms with Crippen molar-refractivity contribution in [3.8, 4) is 0 Å². The van der Waals surface area contributed by atoms with E-state index in [4.69, 9.17) is 5.11 Å². The van der Waals surface area contributed by atoms with E-state index >= 15 is 0 Å². The van der Waals surface area contributed by atoms with E-state index in [2.05, 4.69) is 10.6 Å². The summed E-state index contributed by atoms with van der Waals surface area (Å²) in [5.41, 5.74) is 0. The van der Waals surface area contributed by atoms with Gasteiger partial charge in [-0.05, 0) is 32.1 Å². The van der Waals surface area contributed by atoms with Crippen molar-refractivity contribution < 1.29 is 28.6 Å². The number of urea groups is 1. The fourth-order valence-corrected chi connectivity index (χ4v) is 2.48. The Morgan fingerprint density at radius 2 is 1.81 bits per heavy atom. The molecular formula is C13H22F2N2O4. The number of nitrogens with one attached hydrogen (secondary N) is 2. The maximum atomic E-state index is 12.4. The first-order valence-electron chi connectivity index (χ1n) is 7.11. The van der Waals surface area contributed by atoms with Crippen LogP contribution in [0.4, 0.5) is 13.6 Å². The lowest BCUT2D eigenvalue weighted by Crippen LogP contribution is -2.52. The monoisotopic (exact) mass is 308 g/mol. The molecule has 0 aliphatic heterocycles. The maximum Gasteiger partial charge on any atom is 0.315 e. The Balaban J connectivity index is 2.38. The molecule has 122 valence electrons. The molecule has 6 nitrogen and oxygen atoms in total. The Morgan fingerprint density at radius 1 is 1.24 bits per heavy atom. The van der Waals surface area contributed by atoms with Gasteiger partial charge in [-0.25, -0.2) is 13.6 Å². The van der Waals surface area contributed by atoms with E-state index in [0.717, 1.165) is 0 Å². The van der Waals surface area contributed by atoms with Gasteiger partial charge in [0.25, 0.3) is 6.43 Å². The minimum atomic E-state index is -2.92. The van der Waals surface area contributed by atoms with Crippen LogP contribution < -0.4 is 10.6 Å². The van der Waals surface area contributed by atoms with Crippen LogP contribution in [0.3, 0.4) is 0 Å². The summed E-state index contributed by atoms with van der Waals surface area (Å²) in [6.45, 7) is 1.59. The summed E-state index contributed by atoms with van der Waals surface area (Å²) in [5, 5.41) is 23.1. The van der Waals surface area contributed by atoms with Crippen molar-refractivity contribution >= 4 is 12.0 Å². The Hall–Kier alpha value is -1.44. The van der Waals surface area contributed by atoms with E-state index in [9.17, 15) is 23.5 Å². The lowest BCUT2D eigenvalue weighted by Gasteiger charge is -2.28. The molecule has 0 aromatic carbocycles. The number of carboxylic acid groups (broad SMARTS) is 1. The number of amides is 2. The highest BCUT2D eigenvalue weighted by Gasteiger charge is 2.30. The number of halogens is 2. The van der Waals surface area contributed by atoms with Crippen molar-refractivity contribution in [1.82, 2.24) is 10.6 Å². The first-order chi connectivity index (χ1) is 9.85. The zero-order valence-electron chi connectivity index (χ0n) is 11.9. The molecule has 1 saturated carbocycles. The second-order valence-electron chi connectivity index (χ2n) is 5.34.